The first-order chi connectivity index (χ1) is 14.1. The Hall–Kier alpha value is -2.70. The summed E-state index contributed by atoms with van der Waals surface area (Å²) < 4.78 is 4.86. The standard InChI is InChI=1S/C23H28N2O4/c1-3-22(28)25-19(13-24-21(27)15-29-2)23(20(25)14-26)18-11-9-17(10-12-18)16-7-5-4-6-8-16/h4-12,19-20,23,26H,3,13-15H2,1-2H3,(H,24,27)/t19-,20+,23+/m0/s1. The Balaban J connectivity index is 1.81. The van der Waals surface area contributed by atoms with Crippen LogP contribution in [-0.4, -0.2) is 60.8 Å². The topological polar surface area (TPSA) is 78.9 Å². The van der Waals surface area contributed by atoms with Gasteiger partial charge in [0.2, 0.25) is 11.8 Å². The molecule has 0 radical (unpaired) electrons. The third-order valence-corrected chi connectivity index (χ3v) is 5.51. The first kappa shape index (κ1) is 21.0. The third kappa shape index (κ3) is 4.49. The van der Waals surface area contributed by atoms with Crippen molar-refractivity contribution in [3.8, 4) is 11.1 Å². The van der Waals surface area contributed by atoms with Crippen molar-refractivity contribution < 1.29 is 19.4 Å². The van der Waals surface area contributed by atoms with Crippen LogP contribution in [0.2, 0.25) is 0 Å². The lowest BCUT2D eigenvalue weighted by Gasteiger charge is -2.55. The molecule has 1 aliphatic heterocycles. The van der Waals surface area contributed by atoms with Crippen molar-refractivity contribution in [1.29, 1.82) is 0 Å². The van der Waals surface area contributed by atoms with E-state index in [2.05, 4.69) is 29.6 Å². The zero-order valence-corrected chi connectivity index (χ0v) is 16.9. The van der Waals surface area contributed by atoms with Crippen LogP contribution in [0.1, 0.15) is 24.8 Å². The van der Waals surface area contributed by atoms with Crippen molar-refractivity contribution in [2.75, 3.05) is 26.9 Å². The van der Waals surface area contributed by atoms with E-state index in [0.717, 1.165) is 16.7 Å². The van der Waals surface area contributed by atoms with Gasteiger partial charge in [-0.2, -0.15) is 0 Å². The van der Waals surface area contributed by atoms with Gasteiger partial charge in [-0.1, -0.05) is 61.5 Å². The minimum Gasteiger partial charge on any atom is -0.394 e. The van der Waals surface area contributed by atoms with Gasteiger partial charge in [0.05, 0.1) is 18.7 Å². The Labute approximate surface area is 171 Å². The molecule has 6 heteroatoms. The highest BCUT2D eigenvalue weighted by Gasteiger charge is 2.50. The largest absolute Gasteiger partial charge is 0.394 e. The monoisotopic (exact) mass is 396 g/mol. The third-order valence-electron chi connectivity index (χ3n) is 5.51. The Bertz CT molecular complexity index is 823. The summed E-state index contributed by atoms with van der Waals surface area (Å²) in [6.45, 7) is 2.00. The van der Waals surface area contributed by atoms with Gasteiger partial charge in [0.1, 0.15) is 6.61 Å². The van der Waals surface area contributed by atoms with Crippen molar-refractivity contribution in [3.05, 3.63) is 60.2 Å². The van der Waals surface area contributed by atoms with Crippen molar-refractivity contribution in [2.45, 2.75) is 31.3 Å². The van der Waals surface area contributed by atoms with Crippen LogP contribution in [0.25, 0.3) is 11.1 Å². The van der Waals surface area contributed by atoms with E-state index in [1.54, 1.807) is 11.8 Å². The molecule has 1 aliphatic rings. The molecule has 2 N–H and O–H groups in total. The first-order valence-corrected chi connectivity index (χ1v) is 9.93. The van der Waals surface area contributed by atoms with Gasteiger partial charge in [0.15, 0.2) is 0 Å². The lowest BCUT2D eigenvalue weighted by molar-refractivity contribution is -0.150. The van der Waals surface area contributed by atoms with Crippen LogP contribution >= 0.6 is 0 Å². The van der Waals surface area contributed by atoms with Crippen LogP contribution < -0.4 is 5.32 Å². The predicted octanol–water partition coefficient (Wildman–Crippen LogP) is 2.18. The molecule has 6 nitrogen and oxygen atoms in total. The number of nitrogens with zero attached hydrogens (tertiary/aromatic N) is 1. The minimum atomic E-state index is -0.283. The van der Waals surface area contributed by atoms with Crippen LogP contribution in [0.3, 0.4) is 0 Å². The van der Waals surface area contributed by atoms with Crippen LogP contribution in [0.15, 0.2) is 54.6 Å². The van der Waals surface area contributed by atoms with Gasteiger partial charge in [-0.3, -0.25) is 9.59 Å². The molecule has 0 aromatic heterocycles. The summed E-state index contributed by atoms with van der Waals surface area (Å²) in [6, 6.07) is 17.9. The lowest BCUT2D eigenvalue weighted by Crippen LogP contribution is -2.68. The molecular weight excluding hydrogens is 368 g/mol. The molecule has 2 amide bonds. The van der Waals surface area contributed by atoms with Crippen LogP contribution in [0, 0.1) is 0 Å². The fourth-order valence-electron chi connectivity index (χ4n) is 4.10. The number of hydrogen-bond donors (Lipinski definition) is 2. The number of carbonyl (C=O) groups is 2. The molecule has 1 heterocycles. The number of benzene rings is 2. The van der Waals surface area contributed by atoms with E-state index >= 15 is 0 Å². The molecule has 2 aromatic rings. The second kappa shape index (κ2) is 9.67. The molecule has 2 aromatic carbocycles. The molecule has 0 spiro atoms. The van der Waals surface area contributed by atoms with Crippen LogP contribution in [0.4, 0.5) is 0 Å². The quantitative estimate of drug-likeness (QED) is 0.717. The summed E-state index contributed by atoms with van der Waals surface area (Å²) in [5, 5.41) is 12.8. The smallest absolute Gasteiger partial charge is 0.246 e. The zero-order chi connectivity index (χ0) is 20.8. The number of likely N-dealkylation sites (tertiary alicyclic amines) is 1. The summed E-state index contributed by atoms with van der Waals surface area (Å²) >= 11 is 0. The van der Waals surface area contributed by atoms with Gasteiger partial charge in [0.25, 0.3) is 0 Å². The molecule has 0 bridgehead atoms. The number of aliphatic hydroxyl groups is 1. The highest BCUT2D eigenvalue weighted by molar-refractivity contribution is 5.79. The second-order valence-corrected chi connectivity index (χ2v) is 7.22. The normalized spacial score (nSPS) is 20.8. The summed E-state index contributed by atoms with van der Waals surface area (Å²) in [6.07, 6.45) is 0.360. The van der Waals surface area contributed by atoms with E-state index in [9.17, 15) is 14.7 Å². The predicted molar refractivity (Wildman–Crippen MR) is 111 cm³/mol. The average molecular weight is 396 g/mol. The Morgan fingerprint density at radius 3 is 2.28 bits per heavy atom. The van der Waals surface area contributed by atoms with Crippen molar-refractivity contribution in [3.63, 3.8) is 0 Å². The number of carbonyl (C=O) groups excluding carboxylic acids is 2. The molecule has 3 rings (SSSR count). The summed E-state index contributed by atoms with van der Waals surface area (Å²) in [4.78, 5) is 26.0. The molecule has 0 saturated carbocycles. The number of hydrogen-bond acceptors (Lipinski definition) is 4. The SMILES string of the molecule is CCC(=O)N1[C@H](CO)[C@H](c2ccc(-c3ccccc3)cc2)[C@@H]1CNC(=O)COC. The molecule has 0 unspecified atom stereocenters. The van der Waals surface area contributed by atoms with Gasteiger partial charge in [0, 0.05) is 26.0 Å². The van der Waals surface area contributed by atoms with Crippen LogP contribution in [0.5, 0.6) is 0 Å². The number of nitrogens with one attached hydrogen (secondary N) is 1. The van der Waals surface area contributed by atoms with Crippen LogP contribution in [-0.2, 0) is 14.3 Å². The fourth-order valence-corrected chi connectivity index (χ4v) is 4.10. The molecule has 3 atom stereocenters. The zero-order valence-electron chi connectivity index (χ0n) is 16.9. The maximum absolute atomic E-state index is 12.4. The first-order valence-electron chi connectivity index (χ1n) is 9.93. The van der Waals surface area contributed by atoms with E-state index in [4.69, 9.17) is 4.74 Å². The average Bonchev–Trinajstić information content (AvgIpc) is 2.74. The summed E-state index contributed by atoms with van der Waals surface area (Å²) in [5.74, 6) is -0.280. The Morgan fingerprint density at radius 1 is 1.03 bits per heavy atom. The van der Waals surface area contributed by atoms with E-state index in [1.165, 1.54) is 7.11 Å². The second-order valence-electron chi connectivity index (χ2n) is 7.22. The van der Waals surface area contributed by atoms with Crippen molar-refractivity contribution >= 4 is 11.8 Å². The van der Waals surface area contributed by atoms with Gasteiger partial charge < -0.3 is 20.1 Å². The number of aliphatic hydroxyl groups excluding tert-OH is 1. The van der Waals surface area contributed by atoms with Gasteiger partial charge in [-0.15, -0.1) is 0 Å². The summed E-state index contributed by atoms with van der Waals surface area (Å²) in [5.41, 5.74) is 3.30. The molecule has 0 aliphatic carbocycles. The van der Waals surface area contributed by atoms with Crippen molar-refractivity contribution in [2.24, 2.45) is 0 Å². The number of amides is 2. The highest BCUT2D eigenvalue weighted by Crippen LogP contribution is 2.41. The van der Waals surface area contributed by atoms with E-state index in [-0.39, 0.29) is 43.0 Å². The number of rotatable bonds is 8. The Morgan fingerprint density at radius 2 is 1.69 bits per heavy atom. The molecule has 1 fully saturated rings. The maximum Gasteiger partial charge on any atom is 0.246 e. The molecule has 1 saturated heterocycles. The van der Waals surface area contributed by atoms with Gasteiger partial charge in [-0.05, 0) is 16.7 Å². The summed E-state index contributed by atoms with van der Waals surface area (Å²) in [7, 11) is 1.47. The fraction of sp³-hybridized carbons (Fsp3) is 0.391. The van der Waals surface area contributed by atoms with E-state index in [0.29, 0.717) is 13.0 Å². The van der Waals surface area contributed by atoms with Crippen molar-refractivity contribution in [1.82, 2.24) is 10.2 Å². The van der Waals surface area contributed by atoms with E-state index < -0.39 is 0 Å². The number of methoxy groups -OCH3 is 1. The molecular formula is C23H28N2O4. The van der Waals surface area contributed by atoms with Gasteiger partial charge >= 0.3 is 0 Å². The molecule has 154 valence electrons. The number of ether oxygens (including phenoxy) is 1. The lowest BCUT2D eigenvalue weighted by atomic mass is 9.74. The Kier molecular flexibility index (Phi) is 7.01. The van der Waals surface area contributed by atoms with Gasteiger partial charge in [-0.25, -0.2) is 0 Å². The maximum atomic E-state index is 12.4. The minimum absolute atomic E-state index is 0.0195. The molecule has 29 heavy (non-hydrogen) atoms. The van der Waals surface area contributed by atoms with E-state index in [1.807, 2.05) is 30.3 Å². The highest BCUT2D eigenvalue weighted by atomic mass is 16.5.